The molecular weight excluding hydrogens is 348 g/mol. The first-order valence-corrected chi connectivity index (χ1v) is 9.01. The highest BCUT2D eigenvalue weighted by atomic mass is 32.2. The van der Waals surface area contributed by atoms with Crippen molar-refractivity contribution < 1.29 is 8.42 Å². The lowest BCUT2D eigenvalue weighted by Gasteiger charge is -2.08. The first-order chi connectivity index (χ1) is 11.4. The Morgan fingerprint density at radius 3 is 2.58 bits per heavy atom. The SMILES string of the molecule is NS(=O)(=O)c1ccc(CCn2c(=S)[nH]c3ncccc3c2=O)cc1. The third-order valence-electron chi connectivity index (χ3n) is 3.63. The number of primary sulfonamides is 1. The smallest absolute Gasteiger partial charge is 0.263 e. The number of aryl methyl sites for hydroxylation is 1. The van der Waals surface area contributed by atoms with E-state index in [4.69, 9.17) is 17.4 Å². The van der Waals surface area contributed by atoms with Gasteiger partial charge in [0.2, 0.25) is 10.0 Å². The van der Waals surface area contributed by atoms with Crippen LogP contribution in [0.3, 0.4) is 0 Å². The van der Waals surface area contributed by atoms with Crippen LogP contribution in [0.1, 0.15) is 5.56 Å². The van der Waals surface area contributed by atoms with E-state index in [1.54, 1.807) is 30.5 Å². The largest absolute Gasteiger partial charge is 0.316 e. The predicted octanol–water partition coefficient (Wildman–Crippen LogP) is 1.34. The van der Waals surface area contributed by atoms with Crippen LogP contribution < -0.4 is 10.7 Å². The Hall–Kier alpha value is -2.36. The molecule has 0 radical (unpaired) electrons. The molecule has 3 N–H and O–H groups in total. The molecule has 0 aliphatic carbocycles. The molecule has 0 amide bonds. The van der Waals surface area contributed by atoms with Crippen LogP contribution in [0.25, 0.3) is 11.0 Å². The Morgan fingerprint density at radius 2 is 1.92 bits per heavy atom. The van der Waals surface area contributed by atoms with Crippen LogP contribution in [0, 0.1) is 4.77 Å². The average Bonchev–Trinajstić information content (AvgIpc) is 2.54. The summed E-state index contributed by atoms with van der Waals surface area (Å²) in [5, 5.41) is 5.54. The highest BCUT2D eigenvalue weighted by Gasteiger charge is 2.08. The summed E-state index contributed by atoms with van der Waals surface area (Å²) in [6.45, 7) is 0.369. The van der Waals surface area contributed by atoms with Gasteiger partial charge in [-0.1, -0.05) is 12.1 Å². The van der Waals surface area contributed by atoms with Crippen LogP contribution in [-0.4, -0.2) is 23.0 Å². The third-order valence-corrected chi connectivity index (χ3v) is 4.88. The number of H-pyrrole nitrogens is 1. The molecule has 0 spiro atoms. The second-order valence-electron chi connectivity index (χ2n) is 5.23. The Kier molecular flexibility index (Phi) is 4.31. The van der Waals surface area contributed by atoms with E-state index in [2.05, 4.69) is 9.97 Å². The van der Waals surface area contributed by atoms with Gasteiger partial charge in [0.1, 0.15) is 5.65 Å². The first kappa shape index (κ1) is 16.5. The number of hydrogen-bond donors (Lipinski definition) is 2. The zero-order valence-corrected chi connectivity index (χ0v) is 14.1. The van der Waals surface area contributed by atoms with Gasteiger partial charge in [-0.3, -0.25) is 9.36 Å². The monoisotopic (exact) mass is 362 g/mol. The van der Waals surface area contributed by atoms with Crippen molar-refractivity contribution in [1.29, 1.82) is 0 Å². The summed E-state index contributed by atoms with van der Waals surface area (Å²) in [7, 11) is -3.71. The fourth-order valence-corrected chi connectivity index (χ4v) is 3.16. The number of nitrogens with one attached hydrogen (secondary N) is 1. The quantitative estimate of drug-likeness (QED) is 0.681. The Morgan fingerprint density at radius 1 is 1.21 bits per heavy atom. The summed E-state index contributed by atoms with van der Waals surface area (Å²) >= 11 is 5.22. The Bertz CT molecular complexity index is 1120. The van der Waals surface area contributed by atoms with E-state index < -0.39 is 10.0 Å². The molecule has 0 aliphatic rings. The summed E-state index contributed by atoms with van der Waals surface area (Å²) in [4.78, 5) is 19.6. The molecule has 1 aromatic carbocycles. The maximum atomic E-state index is 12.5. The van der Waals surface area contributed by atoms with Crippen molar-refractivity contribution in [3.05, 3.63) is 63.3 Å². The van der Waals surface area contributed by atoms with Crippen LogP contribution in [-0.2, 0) is 23.0 Å². The average molecular weight is 362 g/mol. The van der Waals surface area contributed by atoms with Gasteiger partial charge in [0.25, 0.3) is 5.56 Å². The molecule has 2 aromatic heterocycles. The summed E-state index contributed by atoms with van der Waals surface area (Å²) in [6, 6.07) is 9.60. The molecule has 0 bridgehead atoms. The van der Waals surface area contributed by atoms with Crippen LogP contribution in [0.5, 0.6) is 0 Å². The minimum absolute atomic E-state index is 0.0532. The summed E-state index contributed by atoms with van der Waals surface area (Å²) in [5.41, 5.74) is 1.12. The molecule has 0 unspecified atom stereocenters. The molecular formula is C15H14N4O3S2. The molecule has 0 aliphatic heterocycles. The molecule has 0 saturated heterocycles. The van der Waals surface area contributed by atoms with Crippen molar-refractivity contribution in [3.63, 3.8) is 0 Å². The number of pyridine rings is 1. The molecule has 0 atom stereocenters. The molecule has 0 saturated carbocycles. The third kappa shape index (κ3) is 3.28. The standard InChI is InChI=1S/C15H14N4O3S2/c16-24(21,22)11-5-3-10(4-6-11)7-9-19-14(20)12-2-1-8-17-13(12)18-15(19)23/h1-6,8H,7,9H2,(H2,16,21,22)(H,17,18,23). The van der Waals surface area contributed by atoms with Gasteiger partial charge in [-0.15, -0.1) is 0 Å². The van der Waals surface area contributed by atoms with E-state index >= 15 is 0 Å². The van der Waals surface area contributed by atoms with Gasteiger partial charge in [-0.05, 0) is 48.5 Å². The fourth-order valence-electron chi connectivity index (χ4n) is 2.37. The number of fused-ring (bicyclic) bond motifs is 1. The summed E-state index contributed by atoms with van der Waals surface area (Å²) in [5.74, 6) is 0. The molecule has 7 nitrogen and oxygen atoms in total. The van der Waals surface area contributed by atoms with Gasteiger partial charge in [-0.25, -0.2) is 18.5 Å². The highest BCUT2D eigenvalue weighted by Crippen LogP contribution is 2.10. The minimum atomic E-state index is -3.71. The van der Waals surface area contributed by atoms with E-state index in [9.17, 15) is 13.2 Å². The van der Waals surface area contributed by atoms with E-state index in [0.29, 0.717) is 28.8 Å². The molecule has 3 aromatic rings. The molecule has 0 fully saturated rings. The van der Waals surface area contributed by atoms with Crippen molar-refractivity contribution in [1.82, 2.24) is 14.5 Å². The molecule has 2 heterocycles. The van der Waals surface area contributed by atoms with Gasteiger partial charge in [-0.2, -0.15) is 0 Å². The number of nitrogens with two attached hydrogens (primary N) is 1. The lowest BCUT2D eigenvalue weighted by Crippen LogP contribution is -2.23. The summed E-state index contributed by atoms with van der Waals surface area (Å²) in [6.07, 6.45) is 2.11. The van der Waals surface area contributed by atoms with Crippen molar-refractivity contribution in [2.24, 2.45) is 5.14 Å². The number of nitrogens with zero attached hydrogens (tertiary/aromatic N) is 2. The molecule has 124 valence electrons. The zero-order chi connectivity index (χ0) is 17.3. The maximum absolute atomic E-state index is 12.5. The van der Waals surface area contributed by atoms with Crippen molar-refractivity contribution in [2.45, 2.75) is 17.9 Å². The van der Waals surface area contributed by atoms with E-state index in [-0.39, 0.29) is 10.5 Å². The van der Waals surface area contributed by atoms with Gasteiger partial charge in [0.15, 0.2) is 4.77 Å². The van der Waals surface area contributed by atoms with E-state index in [1.165, 1.54) is 16.7 Å². The topological polar surface area (TPSA) is 111 Å². The predicted molar refractivity (Wildman–Crippen MR) is 92.7 cm³/mol. The lowest BCUT2D eigenvalue weighted by atomic mass is 10.1. The van der Waals surface area contributed by atoms with Crippen molar-refractivity contribution in [2.75, 3.05) is 0 Å². The second-order valence-corrected chi connectivity index (χ2v) is 7.17. The van der Waals surface area contributed by atoms with Crippen LogP contribution >= 0.6 is 12.2 Å². The number of aromatic nitrogens is 3. The fraction of sp³-hybridized carbons (Fsp3) is 0.133. The first-order valence-electron chi connectivity index (χ1n) is 7.06. The summed E-state index contributed by atoms with van der Waals surface area (Å²) < 4.78 is 24.3. The molecule has 9 heteroatoms. The minimum Gasteiger partial charge on any atom is -0.316 e. The van der Waals surface area contributed by atoms with Crippen LogP contribution in [0.4, 0.5) is 0 Å². The normalized spacial score (nSPS) is 11.7. The highest BCUT2D eigenvalue weighted by molar-refractivity contribution is 7.89. The van der Waals surface area contributed by atoms with Gasteiger partial charge in [0, 0.05) is 12.7 Å². The van der Waals surface area contributed by atoms with Gasteiger partial charge < -0.3 is 4.98 Å². The van der Waals surface area contributed by atoms with E-state index in [1.807, 2.05) is 0 Å². The number of aromatic amines is 1. The van der Waals surface area contributed by atoms with Crippen LogP contribution in [0.15, 0.2) is 52.3 Å². The Balaban J connectivity index is 1.89. The van der Waals surface area contributed by atoms with Crippen molar-refractivity contribution >= 4 is 33.3 Å². The van der Waals surface area contributed by atoms with Gasteiger partial charge >= 0.3 is 0 Å². The lowest BCUT2D eigenvalue weighted by molar-refractivity contribution is 0.597. The molecule has 3 rings (SSSR count). The van der Waals surface area contributed by atoms with E-state index in [0.717, 1.165) is 5.56 Å². The number of rotatable bonds is 4. The van der Waals surface area contributed by atoms with Crippen LogP contribution in [0.2, 0.25) is 0 Å². The second kappa shape index (κ2) is 6.27. The number of hydrogen-bond acceptors (Lipinski definition) is 5. The molecule has 24 heavy (non-hydrogen) atoms. The van der Waals surface area contributed by atoms with Gasteiger partial charge in [0.05, 0.1) is 10.3 Å². The Labute approximate surface area is 142 Å². The number of benzene rings is 1. The van der Waals surface area contributed by atoms with Crippen molar-refractivity contribution in [3.8, 4) is 0 Å². The zero-order valence-electron chi connectivity index (χ0n) is 12.5. The number of sulfonamides is 1. The maximum Gasteiger partial charge on any atom is 0.263 e.